The van der Waals surface area contributed by atoms with Crippen LogP contribution >= 0.6 is 11.8 Å². The van der Waals surface area contributed by atoms with Gasteiger partial charge in [-0.2, -0.15) is 0 Å². The normalized spacial score (nSPS) is 10.3. The number of rotatable bonds is 8. The largest absolute Gasteiger partial charge is 0.287 e. The van der Waals surface area contributed by atoms with Gasteiger partial charge in [-0.15, -0.1) is 0 Å². The molecule has 0 N–H and O–H groups in total. The van der Waals surface area contributed by atoms with E-state index in [1.807, 2.05) is 6.92 Å². The molecule has 1 nitrogen and oxygen atoms in total. The van der Waals surface area contributed by atoms with Gasteiger partial charge in [0.2, 0.25) is 0 Å². The van der Waals surface area contributed by atoms with Crippen LogP contribution in [0.1, 0.15) is 58.8 Å². The summed E-state index contributed by atoms with van der Waals surface area (Å²) >= 11 is 1.50. The summed E-state index contributed by atoms with van der Waals surface area (Å²) in [5, 5.41) is 0.341. The third-order valence-electron chi connectivity index (χ3n) is 2.05. The van der Waals surface area contributed by atoms with Gasteiger partial charge in [0.15, 0.2) is 5.12 Å². The first-order valence-corrected chi connectivity index (χ1v) is 6.45. The van der Waals surface area contributed by atoms with Crippen LogP contribution in [-0.2, 0) is 4.79 Å². The Labute approximate surface area is 86.7 Å². The molecule has 0 aromatic heterocycles. The van der Waals surface area contributed by atoms with Gasteiger partial charge in [0.25, 0.3) is 0 Å². The van der Waals surface area contributed by atoms with Gasteiger partial charge in [0.05, 0.1) is 0 Å². The zero-order valence-electron chi connectivity index (χ0n) is 8.97. The maximum absolute atomic E-state index is 10.9. The van der Waals surface area contributed by atoms with Crippen LogP contribution in [0.15, 0.2) is 0 Å². The van der Waals surface area contributed by atoms with E-state index < -0.39 is 0 Å². The molecule has 0 heterocycles. The van der Waals surface area contributed by atoms with Gasteiger partial charge in [-0.05, 0) is 6.42 Å². The van der Waals surface area contributed by atoms with Crippen LogP contribution in [0.4, 0.5) is 0 Å². The van der Waals surface area contributed by atoms with Crippen LogP contribution in [0.5, 0.6) is 0 Å². The van der Waals surface area contributed by atoms with Crippen molar-refractivity contribution in [2.45, 2.75) is 58.8 Å². The number of hydrogen-bond acceptors (Lipinski definition) is 2. The SMILES string of the molecule is CCCCCCCCSC(=O)CC. The van der Waals surface area contributed by atoms with Crippen LogP contribution in [0, 0.1) is 0 Å². The minimum Gasteiger partial charge on any atom is -0.287 e. The van der Waals surface area contributed by atoms with Gasteiger partial charge in [0.1, 0.15) is 0 Å². The first-order valence-electron chi connectivity index (χ1n) is 5.46. The minimum atomic E-state index is 0.341. The second-order valence-corrected chi connectivity index (χ2v) is 4.49. The average molecular weight is 202 g/mol. The molecule has 0 bridgehead atoms. The number of hydrogen-bond donors (Lipinski definition) is 0. The molecule has 78 valence electrons. The minimum absolute atomic E-state index is 0.341. The second-order valence-electron chi connectivity index (χ2n) is 3.34. The van der Waals surface area contributed by atoms with Crippen molar-refractivity contribution >= 4 is 16.9 Å². The number of unbranched alkanes of at least 4 members (excludes halogenated alkanes) is 5. The summed E-state index contributed by atoms with van der Waals surface area (Å²) in [5.74, 6) is 1.03. The molecule has 0 aliphatic rings. The molecule has 0 atom stereocenters. The molecule has 0 fully saturated rings. The number of thioether (sulfide) groups is 1. The molecule has 0 aliphatic carbocycles. The maximum atomic E-state index is 10.9. The van der Waals surface area contributed by atoms with Gasteiger partial charge in [0, 0.05) is 12.2 Å². The van der Waals surface area contributed by atoms with Crippen molar-refractivity contribution < 1.29 is 4.79 Å². The van der Waals surface area contributed by atoms with E-state index in [9.17, 15) is 4.79 Å². The highest BCUT2D eigenvalue weighted by molar-refractivity contribution is 8.13. The van der Waals surface area contributed by atoms with Crippen molar-refractivity contribution in [2.75, 3.05) is 5.75 Å². The van der Waals surface area contributed by atoms with Gasteiger partial charge in [-0.3, -0.25) is 4.79 Å². The maximum Gasteiger partial charge on any atom is 0.188 e. The predicted molar refractivity (Wildman–Crippen MR) is 61.1 cm³/mol. The summed E-state index contributed by atoms with van der Waals surface area (Å²) in [6.45, 7) is 4.16. The highest BCUT2D eigenvalue weighted by Crippen LogP contribution is 2.11. The Hall–Kier alpha value is 0.0200. The second kappa shape index (κ2) is 10.1. The van der Waals surface area contributed by atoms with Crippen molar-refractivity contribution in [3.8, 4) is 0 Å². The summed E-state index contributed by atoms with van der Waals surface area (Å²) in [7, 11) is 0. The van der Waals surface area contributed by atoms with Crippen molar-refractivity contribution in [1.82, 2.24) is 0 Å². The first-order chi connectivity index (χ1) is 6.31. The summed E-state index contributed by atoms with van der Waals surface area (Å²) < 4.78 is 0. The lowest BCUT2D eigenvalue weighted by Crippen LogP contribution is -1.90. The molecule has 0 aromatic rings. The Bertz CT molecular complexity index is 123. The zero-order valence-corrected chi connectivity index (χ0v) is 9.79. The van der Waals surface area contributed by atoms with E-state index in [0.717, 1.165) is 5.75 Å². The van der Waals surface area contributed by atoms with Gasteiger partial charge < -0.3 is 0 Å². The fourth-order valence-corrected chi connectivity index (χ4v) is 1.95. The molecule has 0 saturated heterocycles. The predicted octanol–water partition coefficient (Wildman–Crippen LogP) is 4.02. The number of carbonyl (C=O) groups excluding carboxylic acids is 1. The molecule has 0 saturated carbocycles. The van der Waals surface area contributed by atoms with Crippen LogP contribution in [0.2, 0.25) is 0 Å². The van der Waals surface area contributed by atoms with Crippen LogP contribution in [0.3, 0.4) is 0 Å². The lowest BCUT2D eigenvalue weighted by atomic mass is 10.1. The molecule has 13 heavy (non-hydrogen) atoms. The van der Waals surface area contributed by atoms with E-state index in [1.54, 1.807) is 0 Å². The fraction of sp³-hybridized carbons (Fsp3) is 0.909. The summed E-state index contributed by atoms with van der Waals surface area (Å²) in [4.78, 5) is 10.9. The van der Waals surface area contributed by atoms with Gasteiger partial charge in [-0.25, -0.2) is 0 Å². The van der Waals surface area contributed by atoms with E-state index in [2.05, 4.69) is 6.92 Å². The lowest BCUT2D eigenvalue weighted by Gasteiger charge is -1.99. The van der Waals surface area contributed by atoms with E-state index >= 15 is 0 Å². The monoisotopic (exact) mass is 202 g/mol. The van der Waals surface area contributed by atoms with Crippen LogP contribution < -0.4 is 0 Å². The van der Waals surface area contributed by atoms with Crippen molar-refractivity contribution in [1.29, 1.82) is 0 Å². The Morgan fingerprint density at radius 1 is 1.00 bits per heavy atom. The first kappa shape index (κ1) is 13.0. The molecular formula is C11H22OS. The van der Waals surface area contributed by atoms with Gasteiger partial charge >= 0.3 is 0 Å². The fourth-order valence-electron chi connectivity index (χ4n) is 1.17. The molecule has 0 rings (SSSR count). The molecule has 2 heteroatoms. The standard InChI is InChI=1S/C11H22OS/c1-3-5-6-7-8-9-10-13-11(12)4-2/h3-10H2,1-2H3. The molecule has 0 unspecified atom stereocenters. The smallest absolute Gasteiger partial charge is 0.188 e. The average Bonchev–Trinajstić information content (AvgIpc) is 2.16. The van der Waals surface area contributed by atoms with E-state index in [0.29, 0.717) is 11.5 Å². The molecule has 0 aromatic carbocycles. The lowest BCUT2D eigenvalue weighted by molar-refractivity contribution is -0.110. The summed E-state index contributed by atoms with van der Waals surface area (Å²) in [5.41, 5.74) is 0. The Morgan fingerprint density at radius 3 is 2.23 bits per heavy atom. The Kier molecular flexibility index (Phi) is 10.1. The van der Waals surface area contributed by atoms with Crippen molar-refractivity contribution in [3.63, 3.8) is 0 Å². The molecule has 0 radical (unpaired) electrons. The number of carbonyl (C=O) groups is 1. The molecule has 0 aliphatic heterocycles. The van der Waals surface area contributed by atoms with Crippen molar-refractivity contribution in [3.05, 3.63) is 0 Å². The zero-order chi connectivity index (χ0) is 9.94. The van der Waals surface area contributed by atoms with Crippen LogP contribution in [0.25, 0.3) is 0 Å². The topological polar surface area (TPSA) is 17.1 Å². The molecule has 0 amide bonds. The van der Waals surface area contributed by atoms with E-state index in [-0.39, 0.29) is 0 Å². The van der Waals surface area contributed by atoms with E-state index in [1.165, 1.54) is 50.3 Å². The summed E-state index contributed by atoms with van der Waals surface area (Å²) in [6, 6.07) is 0. The molecular weight excluding hydrogens is 180 g/mol. The Balaban J connectivity index is 2.95. The van der Waals surface area contributed by atoms with Gasteiger partial charge in [-0.1, -0.05) is 57.7 Å². The van der Waals surface area contributed by atoms with Crippen molar-refractivity contribution in [2.24, 2.45) is 0 Å². The Morgan fingerprint density at radius 2 is 1.62 bits per heavy atom. The third-order valence-corrected chi connectivity index (χ3v) is 3.15. The van der Waals surface area contributed by atoms with Crippen LogP contribution in [-0.4, -0.2) is 10.9 Å². The quantitative estimate of drug-likeness (QED) is 0.553. The highest BCUT2D eigenvalue weighted by atomic mass is 32.2. The highest BCUT2D eigenvalue weighted by Gasteiger charge is 1.97. The van der Waals surface area contributed by atoms with E-state index in [4.69, 9.17) is 0 Å². The summed E-state index contributed by atoms with van der Waals surface area (Å²) in [6.07, 6.45) is 8.56. The molecule has 0 spiro atoms. The third kappa shape index (κ3) is 9.94.